The zero-order chi connectivity index (χ0) is 14.4. The SMILES string of the molecule is C=CC(CCCCCCCCC)(OC)OCCOC. The van der Waals surface area contributed by atoms with Crippen LogP contribution in [0.1, 0.15) is 58.3 Å². The van der Waals surface area contributed by atoms with Crippen LogP contribution in [0.5, 0.6) is 0 Å². The van der Waals surface area contributed by atoms with E-state index in [1.54, 1.807) is 20.3 Å². The second-order valence-corrected chi connectivity index (χ2v) is 4.93. The highest BCUT2D eigenvalue weighted by molar-refractivity contribution is 4.89. The van der Waals surface area contributed by atoms with Crippen LogP contribution in [0.3, 0.4) is 0 Å². The molecule has 0 saturated carbocycles. The molecule has 0 aliphatic carbocycles. The fourth-order valence-electron chi connectivity index (χ4n) is 2.10. The minimum atomic E-state index is -0.637. The van der Waals surface area contributed by atoms with Gasteiger partial charge in [-0.3, -0.25) is 0 Å². The summed E-state index contributed by atoms with van der Waals surface area (Å²) in [4.78, 5) is 0. The third-order valence-electron chi connectivity index (χ3n) is 3.42. The Balaban J connectivity index is 3.77. The minimum absolute atomic E-state index is 0.535. The van der Waals surface area contributed by atoms with Crippen LogP contribution in [0.15, 0.2) is 12.7 Å². The summed E-state index contributed by atoms with van der Waals surface area (Å²) in [7, 11) is 3.35. The Morgan fingerprint density at radius 2 is 1.58 bits per heavy atom. The molecule has 0 fully saturated rings. The van der Waals surface area contributed by atoms with Crippen LogP contribution in [0.4, 0.5) is 0 Å². The highest BCUT2D eigenvalue weighted by Crippen LogP contribution is 2.22. The Kier molecular flexibility index (Phi) is 12.4. The van der Waals surface area contributed by atoms with Gasteiger partial charge >= 0.3 is 0 Å². The summed E-state index contributed by atoms with van der Waals surface area (Å²) in [5.74, 6) is -0.637. The van der Waals surface area contributed by atoms with Gasteiger partial charge in [-0.15, -0.1) is 0 Å². The molecule has 0 bridgehead atoms. The van der Waals surface area contributed by atoms with E-state index in [9.17, 15) is 0 Å². The monoisotopic (exact) mass is 272 g/mol. The van der Waals surface area contributed by atoms with Gasteiger partial charge in [-0.05, 0) is 12.5 Å². The van der Waals surface area contributed by atoms with Gasteiger partial charge in [-0.2, -0.15) is 0 Å². The fourth-order valence-corrected chi connectivity index (χ4v) is 2.10. The molecule has 0 N–H and O–H groups in total. The Morgan fingerprint density at radius 1 is 0.947 bits per heavy atom. The van der Waals surface area contributed by atoms with Crippen molar-refractivity contribution in [2.24, 2.45) is 0 Å². The van der Waals surface area contributed by atoms with Crippen LogP contribution < -0.4 is 0 Å². The van der Waals surface area contributed by atoms with Gasteiger partial charge in [-0.1, -0.05) is 52.0 Å². The lowest BCUT2D eigenvalue weighted by molar-refractivity contribution is -0.197. The Morgan fingerprint density at radius 3 is 2.11 bits per heavy atom. The van der Waals surface area contributed by atoms with E-state index in [0.29, 0.717) is 13.2 Å². The molecule has 0 aliphatic rings. The normalized spacial score (nSPS) is 14.3. The summed E-state index contributed by atoms with van der Waals surface area (Å²) in [5, 5.41) is 0. The lowest BCUT2D eigenvalue weighted by atomic mass is 10.0. The lowest BCUT2D eigenvalue weighted by Gasteiger charge is -2.29. The molecule has 1 unspecified atom stereocenters. The number of hydrogen-bond acceptors (Lipinski definition) is 3. The maximum atomic E-state index is 5.75. The second-order valence-electron chi connectivity index (χ2n) is 4.93. The van der Waals surface area contributed by atoms with Crippen LogP contribution in [0, 0.1) is 0 Å². The molecular weight excluding hydrogens is 240 g/mol. The van der Waals surface area contributed by atoms with Crippen molar-refractivity contribution in [3.8, 4) is 0 Å². The van der Waals surface area contributed by atoms with Crippen LogP contribution in [-0.2, 0) is 14.2 Å². The standard InChI is InChI=1S/C16H32O3/c1-5-7-8-9-10-11-12-13-16(6-2,18-4)19-15-14-17-3/h6H,2,5,7-15H2,1,3-4H3. The van der Waals surface area contributed by atoms with Gasteiger partial charge in [-0.25, -0.2) is 0 Å². The second kappa shape index (κ2) is 12.6. The van der Waals surface area contributed by atoms with Gasteiger partial charge in [0.15, 0.2) is 5.79 Å². The van der Waals surface area contributed by atoms with E-state index in [2.05, 4.69) is 13.5 Å². The van der Waals surface area contributed by atoms with Crippen molar-refractivity contribution in [2.45, 2.75) is 64.1 Å². The Hall–Kier alpha value is -0.380. The average Bonchev–Trinajstić information content (AvgIpc) is 2.45. The molecule has 0 radical (unpaired) electrons. The van der Waals surface area contributed by atoms with Crippen molar-refractivity contribution in [1.82, 2.24) is 0 Å². The molecule has 1 atom stereocenters. The molecule has 0 saturated heterocycles. The molecule has 3 heteroatoms. The van der Waals surface area contributed by atoms with Crippen molar-refractivity contribution in [2.75, 3.05) is 27.4 Å². The van der Waals surface area contributed by atoms with Gasteiger partial charge in [0.25, 0.3) is 0 Å². The Labute approximate surface area is 119 Å². The summed E-state index contributed by atoms with van der Waals surface area (Å²) in [6.45, 7) is 7.19. The van der Waals surface area contributed by atoms with Gasteiger partial charge in [0, 0.05) is 20.6 Å². The summed E-state index contributed by atoms with van der Waals surface area (Å²) >= 11 is 0. The highest BCUT2D eigenvalue weighted by Gasteiger charge is 2.25. The molecule has 3 nitrogen and oxygen atoms in total. The number of unbranched alkanes of at least 4 members (excludes halogenated alkanes) is 6. The third kappa shape index (κ3) is 9.20. The van der Waals surface area contributed by atoms with Crippen molar-refractivity contribution >= 4 is 0 Å². The van der Waals surface area contributed by atoms with Crippen molar-refractivity contribution < 1.29 is 14.2 Å². The maximum Gasteiger partial charge on any atom is 0.187 e. The zero-order valence-electron chi connectivity index (χ0n) is 13.1. The van der Waals surface area contributed by atoms with E-state index < -0.39 is 5.79 Å². The number of rotatable bonds is 14. The predicted octanol–water partition coefficient (Wildman–Crippen LogP) is 4.32. The Bertz CT molecular complexity index is 206. The molecule has 0 aliphatic heterocycles. The summed E-state index contributed by atoms with van der Waals surface area (Å²) in [6.07, 6.45) is 11.6. The van der Waals surface area contributed by atoms with Gasteiger partial charge in [0.2, 0.25) is 0 Å². The molecule has 0 amide bonds. The largest absolute Gasteiger partial charge is 0.382 e. The number of ether oxygens (including phenoxy) is 3. The molecule has 0 aromatic carbocycles. The first kappa shape index (κ1) is 18.6. The van der Waals surface area contributed by atoms with Crippen molar-refractivity contribution in [3.63, 3.8) is 0 Å². The third-order valence-corrected chi connectivity index (χ3v) is 3.42. The van der Waals surface area contributed by atoms with Crippen LogP contribution in [0.25, 0.3) is 0 Å². The molecule has 0 aromatic heterocycles. The molecule has 19 heavy (non-hydrogen) atoms. The topological polar surface area (TPSA) is 27.7 Å². The molecule has 0 aromatic rings. The number of hydrogen-bond donors (Lipinski definition) is 0. The minimum Gasteiger partial charge on any atom is -0.382 e. The quantitative estimate of drug-likeness (QED) is 0.268. The van der Waals surface area contributed by atoms with E-state index >= 15 is 0 Å². The first-order valence-corrected chi connectivity index (χ1v) is 7.56. The van der Waals surface area contributed by atoms with E-state index in [0.717, 1.165) is 12.8 Å². The smallest absolute Gasteiger partial charge is 0.187 e. The molecule has 0 rings (SSSR count). The molecule has 0 spiro atoms. The lowest BCUT2D eigenvalue weighted by Crippen LogP contribution is -2.33. The van der Waals surface area contributed by atoms with E-state index in [1.807, 2.05) is 0 Å². The molecule has 0 heterocycles. The van der Waals surface area contributed by atoms with Crippen LogP contribution in [0.2, 0.25) is 0 Å². The van der Waals surface area contributed by atoms with E-state index in [1.165, 1.54) is 38.5 Å². The van der Waals surface area contributed by atoms with E-state index in [-0.39, 0.29) is 0 Å². The summed E-state index contributed by atoms with van der Waals surface area (Å²) < 4.78 is 16.2. The van der Waals surface area contributed by atoms with E-state index in [4.69, 9.17) is 14.2 Å². The van der Waals surface area contributed by atoms with Gasteiger partial charge in [0.1, 0.15) is 0 Å². The highest BCUT2D eigenvalue weighted by atomic mass is 16.7. The maximum absolute atomic E-state index is 5.75. The van der Waals surface area contributed by atoms with Gasteiger partial charge < -0.3 is 14.2 Å². The van der Waals surface area contributed by atoms with Gasteiger partial charge in [0.05, 0.1) is 13.2 Å². The average molecular weight is 272 g/mol. The molecule has 114 valence electrons. The van der Waals surface area contributed by atoms with Crippen LogP contribution in [-0.4, -0.2) is 33.2 Å². The zero-order valence-corrected chi connectivity index (χ0v) is 13.1. The predicted molar refractivity (Wildman–Crippen MR) is 80.4 cm³/mol. The number of methoxy groups -OCH3 is 2. The molecular formula is C16H32O3. The summed E-state index contributed by atoms with van der Waals surface area (Å²) in [5.41, 5.74) is 0. The van der Waals surface area contributed by atoms with Crippen molar-refractivity contribution in [3.05, 3.63) is 12.7 Å². The first-order valence-electron chi connectivity index (χ1n) is 7.56. The fraction of sp³-hybridized carbons (Fsp3) is 0.875. The van der Waals surface area contributed by atoms with Crippen LogP contribution >= 0.6 is 0 Å². The summed E-state index contributed by atoms with van der Waals surface area (Å²) in [6, 6.07) is 0. The first-order chi connectivity index (χ1) is 9.24. The van der Waals surface area contributed by atoms with Crippen molar-refractivity contribution in [1.29, 1.82) is 0 Å².